The van der Waals surface area contributed by atoms with Crippen LogP contribution in [0, 0.1) is 0 Å². The van der Waals surface area contributed by atoms with Gasteiger partial charge in [0.1, 0.15) is 0 Å². The first-order valence-corrected chi connectivity index (χ1v) is 2.61. The standard InChI is InChI=1S/C2H6N2S2/c3-1-2(5)6-4/h1,5H,3-4H2/b2-1-. The normalized spacial score (nSPS) is 12.0. The summed E-state index contributed by atoms with van der Waals surface area (Å²) in [5.41, 5.74) is 4.94. The Kier molecular flexibility index (Phi) is 3.51. The summed E-state index contributed by atoms with van der Waals surface area (Å²) in [5, 5.41) is 4.97. The number of rotatable bonds is 1. The summed E-state index contributed by atoms with van der Waals surface area (Å²) >= 11 is 4.83. The lowest BCUT2D eigenvalue weighted by Gasteiger charge is -1.83. The molecule has 4 N–H and O–H groups in total. The molecule has 36 valence electrons. The fraction of sp³-hybridized carbons (Fsp3) is 0. The van der Waals surface area contributed by atoms with Gasteiger partial charge in [-0.25, -0.2) is 0 Å². The molecule has 0 amide bonds. The molecule has 0 radical (unpaired) electrons. The second kappa shape index (κ2) is 3.39. The van der Waals surface area contributed by atoms with Gasteiger partial charge < -0.3 is 5.73 Å². The molecule has 0 aromatic carbocycles. The van der Waals surface area contributed by atoms with Crippen LogP contribution in [0.2, 0.25) is 0 Å². The minimum atomic E-state index is 0.634. The van der Waals surface area contributed by atoms with Crippen molar-refractivity contribution in [1.29, 1.82) is 0 Å². The Bertz CT molecular complexity index is 60.6. The Labute approximate surface area is 46.5 Å². The summed E-state index contributed by atoms with van der Waals surface area (Å²) in [6.07, 6.45) is 1.34. The summed E-state index contributed by atoms with van der Waals surface area (Å²) in [7, 11) is 0. The van der Waals surface area contributed by atoms with E-state index in [1.54, 1.807) is 0 Å². The molecule has 0 atom stereocenters. The van der Waals surface area contributed by atoms with Gasteiger partial charge in [-0.2, -0.15) is 0 Å². The van der Waals surface area contributed by atoms with Gasteiger partial charge in [-0.1, -0.05) is 0 Å². The van der Waals surface area contributed by atoms with E-state index in [0.717, 1.165) is 11.9 Å². The van der Waals surface area contributed by atoms with Gasteiger partial charge in [-0.3, -0.25) is 5.14 Å². The van der Waals surface area contributed by atoms with Gasteiger partial charge in [0, 0.05) is 6.20 Å². The van der Waals surface area contributed by atoms with Gasteiger partial charge in [0.25, 0.3) is 0 Å². The molecule has 2 nitrogen and oxygen atoms in total. The van der Waals surface area contributed by atoms with E-state index in [1.807, 2.05) is 0 Å². The minimum absolute atomic E-state index is 0.634. The fourth-order valence-corrected chi connectivity index (χ4v) is 0.118. The number of nitrogens with two attached hydrogens (primary N) is 2. The van der Waals surface area contributed by atoms with Crippen molar-refractivity contribution in [2.24, 2.45) is 10.9 Å². The molecular weight excluding hydrogens is 116 g/mol. The van der Waals surface area contributed by atoms with Crippen LogP contribution in [-0.2, 0) is 0 Å². The van der Waals surface area contributed by atoms with E-state index in [9.17, 15) is 0 Å². The Morgan fingerprint density at radius 2 is 2.33 bits per heavy atom. The van der Waals surface area contributed by atoms with Gasteiger partial charge in [0.2, 0.25) is 0 Å². The minimum Gasteiger partial charge on any atom is -0.403 e. The molecule has 0 aliphatic carbocycles. The Morgan fingerprint density at radius 1 is 1.83 bits per heavy atom. The van der Waals surface area contributed by atoms with Gasteiger partial charge in [0.05, 0.1) is 4.24 Å². The van der Waals surface area contributed by atoms with Crippen molar-refractivity contribution in [3.05, 3.63) is 10.4 Å². The van der Waals surface area contributed by atoms with Crippen molar-refractivity contribution in [2.75, 3.05) is 0 Å². The molecule has 0 rings (SSSR count). The zero-order chi connectivity index (χ0) is 4.99. The molecule has 0 fully saturated rings. The van der Waals surface area contributed by atoms with E-state index in [2.05, 4.69) is 12.6 Å². The highest BCUT2D eigenvalue weighted by molar-refractivity contribution is 8.14. The smallest absolute Gasteiger partial charge is 0.0678 e. The predicted octanol–water partition coefficient (Wildman–Crippen LogP) is 0.281. The van der Waals surface area contributed by atoms with E-state index < -0.39 is 0 Å². The SMILES string of the molecule is N/C=C(/S)SN. The Hall–Kier alpha value is 0.200. The highest BCUT2D eigenvalue weighted by Gasteiger charge is 1.76. The fourth-order valence-electron chi connectivity index (χ4n) is 0.0393. The first-order valence-electron chi connectivity index (χ1n) is 1.29. The van der Waals surface area contributed by atoms with Gasteiger partial charge >= 0.3 is 0 Å². The average molecular weight is 122 g/mol. The van der Waals surface area contributed by atoms with Gasteiger partial charge in [-0.05, 0) is 11.9 Å². The molecule has 4 heteroatoms. The van der Waals surface area contributed by atoms with Crippen LogP contribution in [0.3, 0.4) is 0 Å². The van der Waals surface area contributed by atoms with Crippen LogP contribution < -0.4 is 10.9 Å². The highest BCUT2D eigenvalue weighted by Crippen LogP contribution is 2.08. The summed E-state index contributed by atoms with van der Waals surface area (Å²) in [4.78, 5) is 0. The second-order valence-corrected chi connectivity index (χ2v) is 2.08. The zero-order valence-electron chi connectivity index (χ0n) is 3.09. The van der Waals surface area contributed by atoms with Crippen molar-refractivity contribution in [1.82, 2.24) is 0 Å². The van der Waals surface area contributed by atoms with E-state index in [4.69, 9.17) is 10.9 Å². The Balaban J connectivity index is 3.22. The van der Waals surface area contributed by atoms with Crippen molar-refractivity contribution >= 4 is 24.6 Å². The first-order chi connectivity index (χ1) is 2.81. The number of thiol groups is 1. The third kappa shape index (κ3) is 2.44. The molecule has 0 saturated carbocycles. The number of hydrogen-bond donors (Lipinski definition) is 3. The van der Waals surface area contributed by atoms with Crippen LogP contribution in [0.1, 0.15) is 0 Å². The Morgan fingerprint density at radius 3 is 2.33 bits per heavy atom. The molecule has 0 heterocycles. The van der Waals surface area contributed by atoms with E-state index in [0.29, 0.717) is 4.24 Å². The number of hydrogen-bond acceptors (Lipinski definition) is 4. The monoisotopic (exact) mass is 122 g/mol. The average Bonchev–Trinajstić information content (AvgIpc) is 1.65. The lowest BCUT2D eigenvalue weighted by Crippen LogP contribution is -1.81. The molecule has 0 unspecified atom stereocenters. The van der Waals surface area contributed by atoms with Crippen molar-refractivity contribution in [3.63, 3.8) is 0 Å². The molecule has 0 bridgehead atoms. The maximum absolute atomic E-state index is 4.97. The van der Waals surface area contributed by atoms with E-state index >= 15 is 0 Å². The summed E-state index contributed by atoms with van der Waals surface area (Å²) in [6, 6.07) is 0. The lowest BCUT2D eigenvalue weighted by molar-refractivity contribution is 1.62. The summed E-state index contributed by atoms with van der Waals surface area (Å²) < 4.78 is 0.634. The summed E-state index contributed by atoms with van der Waals surface area (Å²) in [5.74, 6) is 0. The third-order valence-electron chi connectivity index (χ3n) is 0.263. The second-order valence-electron chi connectivity index (χ2n) is 0.623. The first kappa shape index (κ1) is 6.20. The zero-order valence-corrected chi connectivity index (χ0v) is 4.80. The highest BCUT2D eigenvalue weighted by atomic mass is 32.2. The quantitative estimate of drug-likeness (QED) is 0.346. The van der Waals surface area contributed by atoms with Crippen LogP contribution in [0.15, 0.2) is 10.4 Å². The van der Waals surface area contributed by atoms with Crippen LogP contribution in [0.5, 0.6) is 0 Å². The predicted molar refractivity (Wildman–Crippen MR) is 33.0 cm³/mol. The molecule has 0 aliphatic rings. The maximum Gasteiger partial charge on any atom is 0.0678 e. The molecule has 0 aromatic rings. The van der Waals surface area contributed by atoms with Crippen molar-refractivity contribution in [2.45, 2.75) is 0 Å². The molecule has 0 spiro atoms. The van der Waals surface area contributed by atoms with E-state index in [1.165, 1.54) is 6.20 Å². The van der Waals surface area contributed by atoms with Crippen LogP contribution in [0.4, 0.5) is 0 Å². The van der Waals surface area contributed by atoms with Crippen molar-refractivity contribution < 1.29 is 0 Å². The third-order valence-corrected chi connectivity index (χ3v) is 1.11. The van der Waals surface area contributed by atoms with Gasteiger partial charge in [0.15, 0.2) is 0 Å². The molecule has 0 aromatic heterocycles. The topological polar surface area (TPSA) is 52.0 Å². The molecule has 6 heavy (non-hydrogen) atoms. The van der Waals surface area contributed by atoms with Crippen molar-refractivity contribution in [3.8, 4) is 0 Å². The van der Waals surface area contributed by atoms with Crippen LogP contribution >= 0.6 is 24.6 Å². The van der Waals surface area contributed by atoms with Gasteiger partial charge in [-0.15, -0.1) is 12.6 Å². The lowest BCUT2D eigenvalue weighted by atomic mass is 11.1. The maximum atomic E-state index is 4.97. The molecule has 0 saturated heterocycles. The molecule has 0 aliphatic heterocycles. The summed E-state index contributed by atoms with van der Waals surface area (Å²) in [6.45, 7) is 0. The van der Waals surface area contributed by atoms with E-state index in [-0.39, 0.29) is 0 Å². The van der Waals surface area contributed by atoms with Crippen LogP contribution in [-0.4, -0.2) is 0 Å². The van der Waals surface area contributed by atoms with Crippen LogP contribution in [0.25, 0.3) is 0 Å². The molecular formula is C2H6N2S2. The largest absolute Gasteiger partial charge is 0.403 e.